The Balaban J connectivity index is 2.14. The van der Waals surface area contributed by atoms with E-state index in [2.05, 4.69) is 5.32 Å². The van der Waals surface area contributed by atoms with E-state index >= 15 is 0 Å². The fourth-order valence-corrected chi connectivity index (χ4v) is 2.47. The zero-order valence-electron chi connectivity index (χ0n) is 10.1. The summed E-state index contributed by atoms with van der Waals surface area (Å²) in [6.07, 6.45) is 11.4. The van der Waals surface area contributed by atoms with Crippen molar-refractivity contribution in [2.75, 3.05) is 5.88 Å². The molecule has 0 aromatic rings. The maximum absolute atomic E-state index is 11.6. The first-order valence-electron chi connectivity index (χ1n) is 6.68. The van der Waals surface area contributed by atoms with Gasteiger partial charge in [0.1, 0.15) is 0 Å². The summed E-state index contributed by atoms with van der Waals surface area (Å²) >= 11 is 5.58. The SMILES string of the molecule is O=C(CCCCCl)NC1CCCCCCC1. The zero-order valence-corrected chi connectivity index (χ0v) is 10.9. The molecule has 1 amide bonds. The molecule has 0 unspecified atom stereocenters. The molecular formula is C13H24ClNO. The van der Waals surface area contributed by atoms with E-state index in [0.29, 0.717) is 18.3 Å². The van der Waals surface area contributed by atoms with Crippen LogP contribution in [0.1, 0.15) is 64.2 Å². The van der Waals surface area contributed by atoms with E-state index in [0.717, 1.165) is 12.8 Å². The molecule has 1 N–H and O–H groups in total. The maximum atomic E-state index is 11.6. The van der Waals surface area contributed by atoms with Crippen LogP contribution in [0.2, 0.25) is 0 Å². The van der Waals surface area contributed by atoms with Crippen molar-refractivity contribution in [1.82, 2.24) is 5.32 Å². The number of hydrogen-bond donors (Lipinski definition) is 1. The molecule has 0 saturated heterocycles. The van der Waals surface area contributed by atoms with Crippen LogP contribution < -0.4 is 5.32 Å². The Bertz CT molecular complexity index is 188. The third kappa shape index (κ3) is 6.37. The summed E-state index contributed by atoms with van der Waals surface area (Å²) in [4.78, 5) is 11.6. The molecule has 16 heavy (non-hydrogen) atoms. The highest BCUT2D eigenvalue weighted by molar-refractivity contribution is 6.17. The Morgan fingerprint density at radius 2 is 1.69 bits per heavy atom. The van der Waals surface area contributed by atoms with Gasteiger partial charge < -0.3 is 5.32 Å². The van der Waals surface area contributed by atoms with Crippen LogP contribution in [0.5, 0.6) is 0 Å². The van der Waals surface area contributed by atoms with Gasteiger partial charge in [-0.25, -0.2) is 0 Å². The molecule has 0 atom stereocenters. The number of amides is 1. The van der Waals surface area contributed by atoms with E-state index < -0.39 is 0 Å². The van der Waals surface area contributed by atoms with Gasteiger partial charge in [0.25, 0.3) is 0 Å². The Labute approximate surface area is 104 Å². The first-order chi connectivity index (χ1) is 7.83. The predicted octanol–water partition coefficient (Wildman–Crippen LogP) is 3.62. The van der Waals surface area contributed by atoms with Gasteiger partial charge in [-0.2, -0.15) is 0 Å². The van der Waals surface area contributed by atoms with Crippen molar-refractivity contribution in [3.05, 3.63) is 0 Å². The normalized spacial score (nSPS) is 18.8. The molecule has 1 aliphatic rings. The minimum atomic E-state index is 0.218. The smallest absolute Gasteiger partial charge is 0.220 e. The molecule has 0 aromatic heterocycles. The van der Waals surface area contributed by atoms with Crippen molar-refractivity contribution in [1.29, 1.82) is 0 Å². The van der Waals surface area contributed by atoms with Crippen molar-refractivity contribution in [3.8, 4) is 0 Å². The van der Waals surface area contributed by atoms with Crippen LogP contribution >= 0.6 is 11.6 Å². The van der Waals surface area contributed by atoms with Gasteiger partial charge in [-0.15, -0.1) is 11.6 Å². The van der Waals surface area contributed by atoms with Gasteiger partial charge in [0.15, 0.2) is 0 Å². The quantitative estimate of drug-likeness (QED) is 0.582. The van der Waals surface area contributed by atoms with Crippen LogP contribution in [0, 0.1) is 0 Å². The van der Waals surface area contributed by atoms with Gasteiger partial charge in [0, 0.05) is 18.3 Å². The second kappa shape index (κ2) is 8.86. The van der Waals surface area contributed by atoms with Crippen LogP contribution in [-0.2, 0) is 4.79 Å². The minimum absolute atomic E-state index is 0.218. The Hall–Kier alpha value is -0.240. The molecule has 0 heterocycles. The van der Waals surface area contributed by atoms with E-state index in [1.165, 1.54) is 44.9 Å². The van der Waals surface area contributed by atoms with Crippen molar-refractivity contribution < 1.29 is 4.79 Å². The standard InChI is InChI=1S/C13H24ClNO/c14-11-7-6-10-13(16)15-12-8-4-2-1-3-5-9-12/h12H,1-11H2,(H,15,16). The number of halogens is 1. The number of nitrogens with one attached hydrogen (secondary N) is 1. The molecule has 1 saturated carbocycles. The van der Waals surface area contributed by atoms with Gasteiger partial charge in [-0.1, -0.05) is 32.1 Å². The van der Waals surface area contributed by atoms with Gasteiger partial charge in [0.05, 0.1) is 0 Å². The van der Waals surface area contributed by atoms with Crippen LogP contribution in [0.3, 0.4) is 0 Å². The van der Waals surface area contributed by atoms with Gasteiger partial charge in [-0.05, 0) is 25.7 Å². The molecule has 1 rings (SSSR count). The van der Waals surface area contributed by atoms with Gasteiger partial charge in [-0.3, -0.25) is 4.79 Å². The van der Waals surface area contributed by atoms with Crippen molar-refractivity contribution in [3.63, 3.8) is 0 Å². The fourth-order valence-electron chi connectivity index (χ4n) is 2.28. The van der Waals surface area contributed by atoms with Gasteiger partial charge >= 0.3 is 0 Å². The summed E-state index contributed by atoms with van der Waals surface area (Å²) in [6.45, 7) is 0. The Morgan fingerprint density at radius 1 is 1.06 bits per heavy atom. The minimum Gasteiger partial charge on any atom is -0.353 e. The van der Waals surface area contributed by atoms with Crippen LogP contribution in [-0.4, -0.2) is 17.8 Å². The molecule has 0 aromatic carbocycles. The van der Waals surface area contributed by atoms with E-state index in [4.69, 9.17) is 11.6 Å². The molecule has 1 fully saturated rings. The van der Waals surface area contributed by atoms with E-state index in [9.17, 15) is 4.79 Å². The number of carbonyl (C=O) groups is 1. The Kier molecular flexibility index (Phi) is 7.65. The molecular weight excluding hydrogens is 222 g/mol. The summed E-state index contributed by atoms with van der Waals surface area (Å²) in [5.74, 6) is 0.882. The lowest BCUT2D eigenvalue weighted by molar-refractivity contribution is -0.122. The van der Waals surface area contributed by atoms with Crippen LogP contribution in [0.4, 0.5) is 0 Å². The first kappa shape index (κ1) is 13.8. The predicted molar refractivity (Wildman–Crippen MR) is 68.8 cm³/mol. The van der Waals surface area contributed by atoms with Crippen LogP contribution in [0.15, 0.2) is 0 Å². The summed E-state index contributed by atoms with van der Waals surface area (Å²) in [7, 11) is 0. The monoisotopic (exact) mass is 245 g/mol. The van der Waals surface area contributed by atoms with Crippen molar-refractivity contribution in [2.24, 2.45) is 0 Å². The van der Waals surface area contributed by atoms with Crippen molar-refractivity contribution >= 4 is 17.5 Å². The lowest BCUT2D eigenvalue weighted by atomic mass is 9.96. The Morgan fingerprint density at radius 3 is 2.31 bits per heavy atom. The van der Waals surface area contributed by atoms with Gasteiger partial charge in [0.2, 0.25) is 5.91 Å². The average Bonchev–Trinajstić information content (AvgIpc) is 2.22. The average molecular weight is 246 g/mol. The number of alkyl halides is 1. The lowest BCUT2D eigenvalue weighted by Gasteiger charge is -2.20. The summed E-state index contributed by atoms with van der Waals surface area (Å²) < 4.78 is 0. The molecule has 2 nitrogen and oxygen atoms in total. The highest BCUT2D eigenvalue weighted by Crippen LogP contribution is 2.17. The highest BCUT2D eigenvalue weighted by atomic mass is 35.5. The van der Waals surface area contributed by atoms with Crippen molar-refractivity contribution in [2.45, 2.75) is 70.3 Å². The summed E-state index contributed by atoms with van der Waals surface area (Å²) in [5, 5.41) is 3.16. The molecule has 0 spiro atoms. The molecule has 3 heteroatoms. The van der Waals surface area contributed by atoms with Crippen LogP contribution in [0.25, 0.3) is 0 Å². The molecule has 0 radical (unpaired) electrons. The first-order valence-corrected chi connectivity index (χ1v) is 7.21. The molecule has 0 bridgehead atoms. The number of rotatable bonds is 5. The van der Waals surface area contributed by atoms with E-state index in [1.54, 1.807) is 0 Å². The molecule has 1 aliphatic carbocycles. The topological polar surface area (TPSA) is 29.1 Å². The molecule has 0 aliphatic heterocycles. The summed E-state index contributed by atoms with van der Waals surface area (Å²) in [6, 6.07) is 0.434. The largest absolute Gasteiger partial charge is 0.353 e. The second-order valence-corrected chi connectivity index (χ2v) is 5.13. The third-order valence-corrected chi connectivity index (χ3v) is 3.53. The van der Waals surface area contributed by atoms with E-state index in [-0.39, 0.29) is 5.91 Å². The number of hydrogen-bond acceptors (Lipinski definition) is 1. The highest BCUT2D eigenvalue weighted by Gasteiger charge is 2.13. The second-order valence-electron chi connectivity index (χ2n) is 4.76. The summed E-state index contributed by atoms with van der Waals surface area (Å²) in [5.41, 5.74) is 0. The number of unbranched alkanes of at least 4 members (excludes halogenated alkanes) is 1. The maximum Gasteiger partial charge on any atom is 0.220 e. The zero-order chi connectivity index (χ0) is 11.6. The lowest BCUT2D eigenvalue weighted by Crippen LogP contribution is -2.35. The number of carbonyl (C=O) groups excluding carboxylic acids is 1. The van der Waals surface area contributed by atoms with E-state index in [1.807, 2.05) is 0 Å². The fraction of sp³-hybridized carbons (Fsp3) is 0.923. The third-order valence-electron chi connectivity index (χ3n) is 3.26. The molecule has 94 valence electrons.